The SMILES string of the molecule is CCC(C)c1cc(N)c(C#N)cc1F. The second kappa shape index (κ2) is 4.10. The zero-order chi connectivity index (χ0) is 10.7. The number of nitriles is 1. The van der Waals surface area contributed by atoms with Crippen molar-refractivity contribution in [1.29, 1.82) is 5.26 Å². The molecular weight excluding hydrogens is 179 g/mol. The second-order valence-corrected chi connectivity index (χ2v) is 3.38. The van der Waals surface area contributed by atoms with Crippen molar-refractivity contribution in [3.63, 3.8) is 0 Å². The Balaban J connectivity index is 3.23. The van der Waals surface area contributed by atoms with E-state index in [0.717, 1.165) is 6.42 Å². The third-order valence-corrected chi connectivity index (χ3v) is 2.43. The average molecular weight is 192 g/mol. The predicted molar refractivity (Wildman–Crippen MR) is 54.2 cm³/mol. The minimum absolute atomic E-state index is 0.130. The minimum atomic E-state index is -0.342. The van der Waals surface area contributed by atoms with Crippen molar-refractivity contribution in [3.8, 4) is 6.07 Å². The molecule has 2 nitrogen and oxygen atoms in total. The number of halogens is 1. The van der Waals surface area contributed by atoms with Crippen LogP contribution < -0.4 is 5.73 Å². The van der Waals surface area contributed by atoms with Gasteiger partial charge in [-0.25, -0.2) is 4.39 Å². The van der Waals surface area contributed by atoms with Crippen molar-refractivity contribution in [3.05, 3.63) is 29.1 Å². The summed E-state index contributed by atoms with van der Waals surface area (Å²) in [5.41, 5.74) is 6.75. The molecule has 1 unspecified atom stereocenters. The number of anilines is 1. The summed E-state index contributed by atoms with van der Waals surface area (Å²) in [5, 5.41) is 8.63. The molecule has 1 aromatic rings. The Morgan fingerprint density at radius 2 is 2.21 bits per heavy atom. The lowest BCUT2D eigenvalue weighted by atomic mass is 9.96. The van der Waals surface area contributed by atoms with Gasteiger partial charge in [0.25, 0.3) is 0 Å². The highest BCUT2D eigenvalue weighted by Gasteiger charge is 2.12. The monoisotopic (exact) mass is 192 g/mol. The molecule has 0 radical (unpaired) electrons. The largest absolute Gasteiger partial charge is 0.398 e. The van der Waals surface area contributed by atoms with Gasteiger partial charge in [-0.3, -0.25) is 0 Å². The van der Waals surface area contributed by atoms with Crippen molar-refractivity contribution in [2.24, 2.45) is 0 Å². The molecule has 74 valence electrons. The van der Waals surface area contributed by atoms with Gasteiger partial charge in [-0.15, -0.1) is 0 Å². The fourth-order valence-corrected chi connectivity index (χ4v) is 1.30. The third kappa shape index (κ3) is 1.85. The molecule has 0 aliphatic heterocycles. The van der Waals surface area contributed by atoms with E-state index in [0.29, 0.717) is 11.3 Å². The Labute approximate surface area is 83.2 Å². The molecule has 0 spiro atoms. The summed E-state index contributed by atoms with van der Waals surface area (Å²) < 4.78 is 13.4. The van der Waals surface area contributed by atoms with Gasteiger partial charge < -0.3 is 5.73 Å². The quantitative estimate of drug-likeness (QED) is 0.732. The summed E-state index contributed by atoms with van der Waals surface area (Å²) in [7, 11) is 0. The molecule has 0 aromatic heterocycles. The van der Waals surface area contributed by atoms with Gasteiger partial charge >= 0.3 is 0 Å². The number of nitrogens with two attached hydrogens (primary N) is 1. The number of benzene rings is 1. The van der Waals surface area contributed by atoms with E-state index in [1.807, 2.05) is 19.9 Å². The van der Waals surface area contributed by atoms with E-state index < -0.39 is 0 Å². The van der Waals surface area contributed by atoms with Gasteiger partial charge in [0.15, 0.2) is 0 Å². The molecule has 0 aliphatic rings. The maximum atomic E-state index is 13.4. The Morgan fingerprint density at radius 1 is 1.57 bits per heavy atom. The summed E-state index contributed by atoms with van der Waals surface area (Å²) in [6, 6.07) is 4.62. The topological polar surface area (TPSA) is 49.8 Å². The van der Waals surface area contributed by atoms with Crippen molar-refractivity contribution in [2.45, 2.75) is 26.2 Å². The first-order chi connectivity index (χ1) is 6.60. The summed E-state index contributed by atoms with van der Waals surface area (Å²) >= 11 is 0. The predicted octanol–water partition coefficient (Wildman–Crippen LogP) is 2.79. The van der Waals surface area contributed by atoms with Crippen molar-refractivity contribution in [1.82, 2.24) is 0 Å². The van der Waals surface area contributed by atoms with Crippen LogP contribution in [0.1, 0.15) is 37.3 Å². The lowest BCUT2D eigenvalue weighted by molar-refractivity contribution is 0.583. The Kier molecular flexibility index (Phi) is 3.08. The lowest BCUT2D eigenvalue weighted by Gasteiger charge is -2.11. The normalized spacial score (nSPS) is 12.1. The number of rotatable bonds is 2. The van der Waals surface area contributed by atoms with Crippen molar-refractivity contribution < 1.29 is 4.39 Å². The zero-order valence-corrected chi connectivity index (χ0v) is 8.34. The second-order valence-electron chi connectivity index (χ2n) is 3.38. The molecule has 2 N–H and O–H groups in total. The highest BCUT2D eigenvalue weighted by atomic mass is 19.1. The molecule has 0 heterocycles. The van der Waals surface area contributed by atoms with Crippen LogP contribution in [0.2, 0.25) is 0 Å². The first kappa shape index (κ1) is 10.5. The van der Waals surface area contributed by atoms with Crippen LogP contribution in [0.15, 0.2) is 12.1 Å². The third-order valence-electron chi connectivity index (χ3n) is 2.43. The van der Waals surface area contributed by atoms with Gasteiger partial charge in [0.1, 0.15) is 11.9 Å². The van der Waals surface area contributed by atoms with Crippen molar-refractivity contribution >= 4 is 5.69 Å². The molecule has 14 heavy (non-hydrogen) atoms. The Hall–Kier alpha value is -1.56. The summed E-state index contributed by atoms with van der Waals surface area (Å²) in [4.78, 5) is 0. The van der Waals surface area contributed by atoms with E-state index in [9.17, 15) is 4.39 Å². The maximum Gasteiger partial charge on any atom is 0.128 e. The molecule has 0 fully saturated rings. The smallest absolute Gasteiger partial charge is 0.128 e. The average Bonchev–Trinajstić information content (AvgIpc) is 2.19. The van der Waals surface area contributed by atoms with Gasteiger partial charge in [-0.2, -0.15) is 5.26 Å². The van der Waals surface area contributed by atoms with E-state index in [-0.39, 0.29) is 17.3 Å². The number of nitrogens with zero attached hydrogens (tertiary/aromatic N) is 1. The molecule has 0 saturated heterocycles. The Morgan fingerprint density at radius 3 is 2.71 bits per heavy atom. The van der Waals surface area contributed by atoms with Gasteiger partial charge in [-0.05, 0) is 30.0 Å². The van der Waals surface area contributed by atoms with Crippen LogP contribution in [-0.4, -0.2) is 0 Å². The zero-order valence-electron chi connectivity index (χ0n) is 8.34. The molecule has 0 aliphatic carbocycles. The van der Waals surface area contributed by atoms with Crippen LogP contribution in [0.5, 0.6) is 0 Å². The van der Waals surface area contributed by atoms with Crippen molar-refractivity contribution in [2.75, 3.05) is 5.73 Å². The summed E-state index contributed by atoms with van der Waals surface area (Å²) in [6.07, 6.45) is 0.849. The van der Waals surface area contributed by atoms with Crippen LogP contribution in [0, 0.1) is 17.1 Å². The summed E-state index contributed by atoms with van der Waals surface area (Å²) in [5.74, 6) is -0.213. The van der Waals surface area contributed by atoms with E-state index in [2.05, 4.69) is 0 Å². The van der Waals surface area contributed by atoms with Crippen LogP contribution in [0.4, 0.5) is 10.1 Å². The minimum Gasteiger partial charge on any atom is -0.398 e. The lowest BCUT2D eigenvalue weighted by Crippen LogP contribution is -2.00. The van der Waals surface area contributed by atoms with Gasteiger partial charge in [-0.1, -0.05) is 13.8 Å². The molecule has 1 atom stereocenters. The molecule has 0 saturated carbocycles. The van der Waals surface area contributed by atoms with Crippen LogP contribution in [-0.2, 0) is 0 Å². The molecule has 1 rings (SSSR count). The fourth-order valence-electron chi connectivity index (χ4n) is 1.30. The van der Waals surface area contributed by atoms with Gasteiger partial charge in [0.05, 0.1) is 5.56 Å². The van der Waals surface area contributed by atoms with Crippen LogP contribution in [0.3, 0.4) is 0 Å². The van der Waals surface area contributed by atoms with Crippen LogP contribution >= 0.6 is 0 Å². The first-order valence-electron chi connectivity index (χ1n) is 4.59. The number of hydrogen-bond acceptors (Lipinski definition) is 2. The number of hydrogen-bond donors (Lipinski definition) is 1. The summed E-state index contributed by atoms with van der Waals surface area (Å²) in [6.45, 7) is 3.92. The highest BCUT2D eigenvalue weighted by Crippen LogP contribution is 2.25. The molecule has 1 aromatic carbocycles. The Bertz CT molecular complexity index is 380. The molecule has 0 amide bonds. The van der Waals surface area contributed by atoms with E-state index in [1.165, 1.54) is 6.07 Å². The van der Waals surface area contributed by atoms with E-state index in [1.54, 1.807) is 6.07 Å². The standard InChI is InChI=1S/C11H13FN2/c1-3-7(2)9-5-11(14)8(6-13)4-10(9)12/h4-5,7H,3,14H2,1-2H3. The van der Waals surface area contributed by atoms with E-state index >= 15 is 0 Å². The van der Waals surface area contributed by atoms with Gasteiger partial charge in [0, 0.05) is 5.69 Å². The first-order valence-corrected chi connectivity index (χ1v) is 4.59. The molecular formula is C11H13FN2. The van der Waals surface area contributed by atoms with Gasteiger partial charge in [0.2, 0.25) is 0 Å². The molecule has 3 heteroatoms. The van der Waals surface area contributed by atoms with E-state index in [4.69, 9.17) is 11.0 Å². The highest BCUT2D eigenvalue weighted by molar-refractivity contribution is 5.56. The fraction of sp³-hybridized carbons (Fsp3) is 0.364. The maximum absolute atomic E-state index is 13.4. The number of nitrogen functional groups attached to an aromatic ring is 1. The van der Waals surface area contributed by atoms with Crippen LogP contribution in [0.25, 0.3) is 0 Å². The molecule has 0 bridgehead atoms.